The van der Waals surface area contributed by atoms with Gasteiger partial charge in [0, 0.05) is 19.5 Å². The van der Waals surface area contributed by atoms with E-state index < -0.39 is 6.04 Å². The number of amides is 1. The summed E-state index contributed by atoms with van der Waals surface area (Å²) in [5, 5.41) is 13.1. The minimum absolute atomic E-state index is 0.0134. The van der Waals surface area contributed by atoms with Crippen LogP contribution in [0.1, 0.15) is 11.1 Å². The zero-order chi connectivity index (χ0) is 17.6. The first kappa shape index (κ1) is 17.7. The molecule has 1 aromatic heterocycles. The van der Waals surface area contributed by atoms with Crippen molar-refractivity contribution in [2.24, 2.45) is 0 Å². The zero-order valence-electron chi connectivity index (χ0n) is 13.4. The van der Waals surface area contributed by atoms with Crippen molar-refractivity contribution in [2.45, 2.75) is 12.5 Å². The summed E-state index contributed by atoms with van der Waals surface area (Å²) in [6.07, 6.45) is 0.511. The van der Waals surface area contributed by atoms with E-state index in [1.807, 2.05) is 36.4 Å². The van der Waals surface area contributed by atoms with Crippen molar-refractivity contribution in [1.82, 2.24) is 9.27 Å². The van der Waals surface area contributed by atoms with E-state index in [-0.39, 0.29) is 16.6 Å². The number of carbonyl (C=O) groups excluding carboxylic acids is 1. The van der Waals surface area contributed by atoms with Crippen molar-refractivity contribution in [2.75, 3.05) is 31.6 Å². The number of carbonyl (C=O) groups is 1. The van der Waals surface area contributed by atoms with Gasteiger partial charge in [0.2, 0.25) is 5.91 Å². The number of morpholine rings is 1. The number of halogens is 1. The van der Waals surface area contributed by atoms with Crippen LogP contribution in [0.3, 0.4) is 0 Å². The number of hydrogen-bond acceptors (Lipinski definition) is 6. The summed E-state index contributed by atoms with van der Waals surface area (Å²) in [5.74, 6) is -0.0134. The highest BCUT2D eigenvalue weighted by atomic mass is 35.5. The fourth-order valence-electron chi connectivity index (χ4n) is 2.68. The van der Waals surface area contributed by atoms with Gasteiger partial charge in [0.25, 0.3) is 0 Å². The lowest BCUT2D eigenvalue weighted by Gasteiger charge is -2.31. The van der Waals surface area contributed by atoms with E-state index in [0.29, 0.717) is 37.7 Å². The molecule has 1 aliphatic heterocycles. The van der Waals surface area contributed by atoms with Gasteiger partial charge < -0.3 is 15.0 Å². The van der Waals surface area contributed by atoms with Crippen LogP contribution >= 0.6 is 23.1 Å². The van der Waals surface area contributed by atoms with Crippen molar-refractivity contribution < 1.29 is 9.53 Å². The number of nitrogens with zero attached hydrogens (tertiary/aromatic N) is 3. The Labute approximate surface area is 155 Å². The van der Waals surface area contributed by atoms with E-state index in [1.54, 1.807) is 4.90 Å². The summed E-state index contributed by atoms with van der Waals surface area (Å²) in [4.78, 5) is 14.8. The number of benzene rings is 1. The number of aromatic nitrogens is 1. The van der Waals surface area contributed by atoms with Crippen molar-refractivity contribution in [3.05, 3.63) is 46.6 Å². The molecule has 1 amide bonds. The Balaban J connectivity index is 1.83. The maximum Gasteiger partial charge on any atom is 0.245 e. The minimum Gasteiger partial charge on any atom is -0.378 e. The van der Waals surface area contributed by atoms with Crippen LogP contribution in [-0.4, -0.2) is 47.5 Å². The van der Waals surface area contributed by atoms with Crippen molar-refractivity contribution in [1.29, 1.82) is 5.26 Å². The highest BCUT2D eigenvalue weighted by Crippen LogP contribution is 2.28. The number of hydrogen-bond donors (Lipinski definition) is 1. The predicted octanol–water partition coefficient (Wildman–Crippen LogP) is 2.55. The lowest BCUT2D eigenvalue weighted by atomic mass is 10.0. The Hall–Kier alpha value is -2.14. The molecule has 25 heavy (non-hydrogen) atoms. The Morgan fingerprint density at radius 3 is 2.80 bits per heavy atom. The molecule has 0 saturated carbocycles. The van der Waals surface area contributed by atoms with Crippen LogP contribution in [0.15, 0.2) is 30.3 Å². The van der Waals surface area contributed by atoms with E-state index in [2.05, 4.69) is 9.69 Å². The Morgan fingerprint density at radius 2 is 2.12 bits per heavy atom. The zero-order valence-corrected chi connectivity index (χ0v) is 15.0. The largest absolute Gasteiger partial charge is 0.378 e. The summed E-state index contributed by atoms with van der Waals surface area (Å²) in [5.41, 5.74) is 1.32. The van der Waals surface area contributed by atoms with E-state index in [1.165, 1.54) is 0 Å². The van der Waals surface area contributed by atoms with Gasteiger partial charge in [-0.05, 0) is 17.1 Å². The molecule has 2 heterocycles. The number of anilines is 1. The van der Waals surface area contributed by atoms with Gasteiger partial charge in [-0.1, -0.05) is 41.9 Å². The fourth-order valence-corrected chi connectivity index (χ4v) is 3.67. The first-order valence-electron chi connectivity index (χ1n) is 7.91. The lowest BCUT2D eigenvalue weighted by molar-refractivity contribution is -0.136. The molecule has 1 N–H and O–H groups in total. The highest BCUT2D eigenvalue weighted by Gasteiger charge is 2.27. The van der Waals surface area contributed by atoms with Gasteiger partial charge in [0.05, 0.1) is 13.2 Å². The third-order valence-electron chi connectivity index (χ3n) is 3.97. The third-order valence-corrected chi connectivity index (χ3v) is 5.12. The normalized spacial score (nSPS) is 15.4. The third kappa shape index (κ3) is 4.28. The van der Waals surface area contributed by atoms with Gasteiger partial charge in [-0.25, -0.2) is 0 Å². The molecule has 1 aromatic carbocycles. The molecule has 1 aliphatic rings. The van der Waals surface area contributed by atoms with Crippen molar-refractivity contribution >= 4 is 34.0 Å². The van der Waals surface area contributed by atoms with Gasteiger partial charge in [-0.2, -0.15) is 9.64 Å². The summed E-state index contributed by atoms with van der Waals surface area (Å²) in [6.45, 7) is 2.22. The van der Waals surface area contributed by atoms with Crippen molar-refractivity contribution in [3.63, 3.8) is 0 Å². The number of rotatable bonds is 5. The topological polar surface area (TPSA) is 78.2 Å². The van der Waals surface area contributed by atoms with Crippen LogP contribution in [0, 0.1) is 11.3 Å². The van der Waals surface area contributed by atoms with Gasteiger partial charge in [0.15, 0.2) is 5.15 Å². The molecule has 0 spiro atoms. The fraction of sp³-hybridized carbons (Fsp3) is 0.353. The minimum atomic E-state index is -0.496. The van der Waals surface area contributed by atoms with Crippen LogP contribution in [0.2, 0.25) is 5.15 Å². The van der Waals surface area contributed by atoms with Crippen LogP contribution in [0.4, 0.5) is 5.00 Å². The van der Waals surface area contributed by atoms with Crippen LogP contribution in [-0.2, 0) is 16.0 Å². The highest BCUT2D eigenvalue weighted by molar-refractivity contribution is 7.10. The summed E-state index contributed by atoms with van der Waals surface area (Å²) < 4.78 is 9.32. The molecule has 3 rings (SSSR count). The second kappa shape index (κ2) is 8.30. The molecule has 1 fully saturated rings. The predicted molar refractivity (Wildman–Crippen MR) is 96.8 cm³/mol. The first-order chi connectivity index (χ1) is 12.2. The SMILES string of the molecule is N#Cc1c(Cl)nsc1NC(Cc1ccccc1)C(=O)N1CCOCC1. The standard InChI is InChI=1S/C17H17ClN4O2S/c18-15-13(11-19)16(25-21-15)20-14(10-12-4-2-1-3-5-12)17(23)22-6-8-24-9-7-22/h1-5,14,20H,6-10H2. The second-order valence-electron chi connectivity index (χ2n) is 5.61. The number of ether oxygens (including phenoxy) is 1. The second-order valence-corrected chi connectivity index (χ2v) is 6.75. The molecule has 1 unspecified atom stereocenters. The Bertz CT molecular complexity index is 769. The molecule has 0 radical (unpaired) electrons. The molecular weight excluding hydrogens is 360 g/mol. The summed E-state index contributed by atoms with van der Waals surface area (Å²) in [7, 11) is 0. The van der Waals surface area contributed by atoms with E-state index in [0.717, 1.165) is 17.1 Å². The number of nitriles is 1. The van der Waals surface area contributed by atoms with Crippen LogP contribution in [0.5, 0.6) is 0 Å². The van der Waals surface area contributed by atoms with Crippen molar-refractivity contribution in [3.8, 4) is 6.07 Å². The molecule has 2 aromatic rings. The smallest absolute Gasteiger partial charge is 0.245 e. The summed E-state index contributed by atoms with van der Waals surface area (Å²) in [6, 6.07) is 11.3. The van der Waals surface area contributed by atoms with Crippen LogP contribution < -0.4 is 5.32 Å². The lowest BCUT2D eigenvalue weighted by Crippen LogP contribution is -2.48. The Morgan fingerprint density at radius 1 is 1.40 bits per heavy atom. The summed E-state index contributed by atoms with van der Waals surface area (Å²) >= 11 is 7.03. The molecule has 1 atom stereocenters. The average Bonchev–Trinajstić information content (AvgIpc) is 3.01. The first-order valence-corrected chi connectivity index (χ1v) is 9.06. The maximum absolute atomic E-state index is 13.0. The Kier molecular flexibility index (Phi) is 5.87. The molecule has 130 valence electrons. The van der Waals surface area contributed by atoms with Crippen LogP contribution in [0.25, 0.3) is 0 Å². The van der Waals surface area contributed by atoms with E-state index in [9.17, 15) is 10.1 Å². The van der Waals surface area contributed by atoms with Gasteiger partial charge in [-0.15, -0.1) is 0 Å². The number of nitrogens with one attached hydrogen (secondary N) is 1. The molecular formula is C17H17ClN4O2S. The average molecular weight is 377 g/mol. The molecule has 8 heteroatoms. The van der Waals surface area contributed by atoms with E-state index in [4.69, 9.17) is 16.3 Å². The van der Waals surface area contributed by atoms with Gasteiger partial charge in [0.1, 0.15) is 22.7 Å². The molecule has 6 nitrogen and oxygen atoms in total. The molecule has 1 saturated heterocycles. The molecule has 0 aliphatic carbocycles. The monoisotopic (exact) mass is 376 g/mol. The quantitative estimate of drug-likeness (QED) is 0.867. The molecule has 0 bridgehead atoms. The van der Waals surface area contributed by atoms with E-state index >= 15 is 0 Å². The maximum atomic E-state index is 13.0. The van der Waals surface area contributed by atoms with Gasteiger partial charge in [-0.3, -0.25) is 4.79 Å². The van der Waals surface area contributed by atoms with Gasteiger partial charge >= 0.3 is 0 Å².